The quantitative estimate of drug-likeness (QED) is 0.539. The van der Waals surface area contributed by atoms with Crippen LogP contribution >= 0.6 is 22.7 Å². The third-order valence-corrected chi connectivity index (χ3v) is 7.02. The molecule has 0 fully saturated rings. The largest absolute Gasteiger partial charge is 0.297 e. The Balaban J connectivity index is 1.61. The van der Waals surface area contributed by atoms with Gasteiger partial charge in [0.25, 0.3) is 5.91 Å². The maximum atomic E-state index is 12.5. The molecule has 2 N–H and O–H groups in total. The van der Waals surface area contributed by atoms with Crippen LogP contribution in [-0.2, 0) is 21.9 Å². The molecule has 3 aromatic rings. The minimum atomic E-state index is -3.21. The van der Waals surface area contributed by atoms with E-state index >= 15 is 0 Å². The normalized spacial score (nSPS) is 12.1. The van der Waals surface area contributed by atoms with Gasteiger partial charge in [-0.25, -0.2) is 18.1 Å². The zero-order valence-corrected chi connectivity index (χ0v) is 19.8. The molecule has 0 saturated heterocycles. The van der Waals surface area contributed by atoms with Gasteiger partial charge in [-0.2, -0.15) is 0 Å². The maximum Gasteiger partial charge on any atom is 0.267 e. The second-order valence-electron chi connectivity index (χ2n) is 8.00. The topological polar surface area (TPSA) is 88.2 Å². The van der Waals surface area contributed by atoms with Gasteiger partial charge in [0.15, 0.2) is 5.13 Å². The molecule has 0 spiro atoms. The van der Waals surface area contributed by atoms with Crippen LogP contribution in [0.15, 0.2) is 41.8 Å². The number of amides is 1. The zero-order valence-electron chi connectivity index (χ0n) is 17.4. The van der Waals surface area contributed by atoms with Crippen molar-refractivity contribution >= 4 is 43.7 Å². The van der Waals surface area contributed by atoms with Gasteiger partial charge in [-0.1, -0.05) is 45.0 Å². The second-order valence-corrected chi connectivity index (χ2v) is 11.9. The summed E-state index contributed by atoms with van der Waals surface area (Å²) in [5.41, 5.74) is 3.20. The van der Waals surface area contributed by atoms with Crippen LogP contribution in [-0.4, -0.2) is 32.1 Å². The third kappa shape index (κ3) is 6.21. The molecule has 1 aromatic carbocycles. The number of nitrogens with zero attached hydrogens (tertiary/aromatic N) is 1. The SMILES string of the molecule is CC(C)(C)c1ccc(-c2csc(NC(=O)c3ccc(CCNS(C)(=O)=O)s3)n2)cc1. The number of hydrogen-bond acceptors (Lipinski definition) is 6. The van der Waals surface area contributed by atoms with Crippen LogP contribution in [0.2, 0.25) is 0 Å². The molecule has 0 atom stereocenters. The van der Waals surface area contributed by atoms with E-state index in [2.05, 4.69) is 60.1 Å². The van der Waals surface area contributed by atoms with E-state index in [0.29, 0.717) is 23.0 Å². The number of anilines is 1. The number of aromatic nitrogens is 1. The summed E-state index contributed by atoms with van der Waals surface area (Å²) in [5.74, 6) is -0.216. The molecule has 9 heteroatoms. The molecule has 2 aromatic heterocycles. The molecule has 2 heterocycles. The number of carbonyl (C=O) groups excluding carboxylic acids is 1. The lowest BCUT2D eigenvalue weighted by Crippen LogP contribution is -2.24. The number of thiophene rings is 1. The lowest BCUT2D eigenvalue weighted by Gasteiger charge is -2.18. The van der Waals surface area contributed by atoms with Crippen molar-refractivity contribution in [2.45, 2.75) is 32.6 Å². The van der Waals surface area contributed by atoms with E-state index < -0.39 is 10.0 Å². The van der Waals surface area contributed by atoms with Gasteiger partial charge in [0.2, 0.25) is 10.0 Å². The summed E-state index contributed by atoms with van der Waals surface area (Å²) in [6.45, 7) is 6.84. The summed E-state index contributed by atoms with van der Waals surface area (Å²) >= 11 is 2.73. The van der Waals surface area contributed by atoms with Crippen molar-refractivity contribution in [1.82, 2.24) is 9.71 Å². The van der Waals surface area contributed by atoms with Gasteiger partial charge in [-0.15, -0.1) is 22.7 Å². The van der Waals surface area contributed by atoms with Crippen molar-refractivity contribution in [3.8, 4) is 11.3 Å². The fraction of sp³-hybridized carbons (Fsp3) is 0.333. The minimum Gasteiger partial charge on any atom is -0.297 e. The summed E-state index contributed by atoms with van der Waals surface area (Å²) in [5, 5.41) is 5.32. The van der Waals surface area contributed by atoms with E-state index in [1.807, 2.05) is 11.4 Å². The van der Waals surface area contributed by atoms with Crippen LogP contribution in [0.1, 0.15) is 40.9 Å². The van der Waals surface area contributed by atoms with Gasteiger partial charge < -0.3 is 0 Å². The summed E-state index contributed by atoms with van der Waals surface area (Å²) in [6, 6.07) is 11.9. The highest BCUT2D eigenvalue weighted by Gasteiger charge is 2.15. The second kappa shape index (κ2) is 8.97. The lowest BCUT2D eigenvalue weighted by molar-refractivity contribution is 0.103. The van der Waals surface area contributed by atoms with E-state index in [-0.39, 0.29) is 11.3 Å². The highest BCUT2D eigenvalue weighted by Crippen LogP contribution is 2.29. The fourth-order valence-corrected chi connectivity index (χ4v) is 4.85. The Bertz CT molecular complexity index is 1120. The first-order valence-corrected chi connectivity index (χ1v) is 13.0. The number of sulfonamides is 1. The molecule has 30 heavy (non-hydrogen) atoms. The molecule has 160 valence electrons. The molecule has 0 radical (unpaired) electrons. The number of carbonyl (C=O) groups is 1. The summed E-state index contributed by atoms with van der Waals surface area (Å²) in [7, 11) is -3.21. The van der Waals surface area contributed by atoms with Gasteiger partial charge in [-0.05, 0) is 29.5 Å². The Morgan fingerprint density at radius 2 is 1.80 bits per heavy atom. The van der Waals surface area contributed by atoms with E-state index in [4.69, 9.17) is 0 Å². The van der Waals surface area contributed by atoms with Gasteiger partial charge >= 0.3 is 0 Å². The fourth-order valence-electron chi connectivity index (χ4n) is 2.76. The van der Waals surface area contributed by atoms with Crippen molar-refractivity contribution in [2.75, 3.05) is 18.1 Å². The molecule has 0 bridgehead atoms. The van der Waals surface area contributed by atoms with Crippen LogP contribution in [0, 0.1) is 0 Å². The Morgan fingerprint density at radius 3 is 2.43 bits per heavy atom. The highest BCUT2D eigenvalue weighted by atomic mass is 32.2. The Morgan fingerprint density at radius 1 is 1.10 bits per heavy atom. The molecule has 1 amide bonds. The number of rotatable bonds is 7. The Labute approximate surface area is 185 Å². The molecular weight excluding hydrogens is 438 g/mol. The molecule has 6 nitrogen and oxygen atoms in total. The number of nitrogens with one attached hydrogen (secondary N) is 2. The van der Waals surface area contributed by atoms with Crippen molar-refractivity contribution in [1.29, 1.82) is 0 Å². The predicted molar refractivity (Wildman–Crippen MR) is 125 cm³/mol. The predicted octanol–water partition coefficient (Wildman–Crippen LogP) is 4.51. The molecule has 0 aliphatic heterocycles. The van der Waals surface area contributed by atoms with Crippen LogP contribution in [0.3, 0.4) is 0 Å². The lowest BCUT2D eigenvalue weighted by atomic mass is 9.86. The average molecular weight is 464 g/mol. The number of benzene rings is 1. The van der Waals surface area contributed by atoms with E-state index in [9.17, 15) is 13.2 Å². The molecule has 3 rings (SSSR count). The first-order valence-electron chi connectivity index (χ1n) is 9.42. The van der Waals surface area contributed by atoms with Crippen molar-refractivity contribution in [3.63, 3.8) is 0 Å². The van der Waals surface area contributed by atoms with Gasteiger partial charge in [0.1, 0.15) is 0 Å². The highest BCUT2D eigenvalue weighted by molar-refractivity contribution is 7.88. The molecule has 0 unspecified atom stereocenters. The molecular formula is C21H25N3O3S3. The summed E-state index contributed by atoms with van der Waals surface area (Å²) < 4.78 is 24.7. The van der Waals surface area contributed by atoms with Gasteiger partial charge in [0.05, 0.1) is 16.8 Å². The van der Waals surface area contributed by atoms with Crippen molar-refractivity contribution < 1.29 is 13.2 Å². The molecule has 0 saturated carbocycles. The Kier molecular flexibility index (Phi) is 6.76. The van der Waals surface area contributed by atoms with Crippen LogP contribution in [0.4, 0.5) is 5.13 Å². The van der Waals surface area contributed by atoms with Gasteiger partial charge in [-0.3, -0.25) is 10.1 Å². The number of hydrogen-bond donors (Lipinski definition) is 2. The van der Waals surface area contributed by atoms with E-state index in [1.165, 1.54) is 28.2 Å². The number of thiazole rings is 1. The zero-order chi connectivity index (χ0) is 21.9. The monoisotopic (exact) mass is 463 g/mol. The molecule has 0 aliphatic carbocycles. The first kappa shape index (κ1) is 22.6. The average Bonchev–Trinajstić information content (AvgIpc) is 3.30. The third-order valence-electron chi connectivity index (χ3n) is 4.39. The Hall–Kier alpha value is -2.07. The summed E-state index contributed by atoms with van der Waals surface area (Å²) in [4.78, 5) is 18.6. The van der Waals surface area contributed by atoms with Crippen LogP contribution < -0.4 is 10.0 Å². The van der Waals surface area contributed by atoms with Crippen molar-refractivity contribution in [3.05, 3.63) is 57.1 Å². The van der Waals surface area contributed by atoms with Crippen molar-refractivity contribution in [2.24, 2.45) is 0 Å². The smallest absolute Gasteiger partial charge is 0.267 e. The first-order chi connectivity index (χ1) is 14.0. The molecule has 0 aliphatic rings. The standard InChI is InChI=1S/C21H25N3O3S3/c1-21(2,3)15-7-5-14(6-8-15)17-13-28-20(23-17)24-19(25)18-10-9-16(29-18)11-12-22-30(4,26)27/h5-10,13,22H,11-12H2,1-4H3,(H,23,24,25). The minimum absolute atomic E-state index is 0.0974. The maximum absolute atomic E-state index is 12.5. The van der Waals surface area contributed by atoms with E-state index in [1.54, 1.807) is 6.07 Å². The van der Waals surface area contributed by atoms with Crippen LogP contribution in [0.25, 0.3) is 11.3 Å². The van der Waals surface area contributed by atoms with Crippen LogP contribution in [0.5, 0.6) is 0 Å². The summed E-state index contributed by atoms with van der Waals surface area (Å²) in [6.07, 6.45) is 1.67. The van der Waals surface area contributed by atoms with Gasteiger partial charge in [0, 0.05) is 22.4 Å². The van der Waals surface area contributed by atoms with E-state index in [0.717, 1.165) is 22.4 Å².